The van der Waals surface area contributed by atoms with Crippen LogP contribution in [0.3, 0.4) is 0 Å². The van der Waals surface area contributed by atoms with Crippen molar-refractivity contribution < 1.29 is 9.53 Å². The molecule has 1 aliphatic rings. The number of nitrogens with two attached hydrogens (primary N) is 1. The Morgan fingerprint density at radius 2 is 2.33 bits per heavy atom. The van der Waals surface area contributed by atoms with Gasteiger partial charge in [-0.05, 0) is 18.2 Å². The summed E-state index contributed by atoms with van der Waals surface area (Å²) in [5, 5.41) is 0. The molecule has 0 aliphatic carbocycles. The van der Waals surface area contributed by atoms with Gasteiger partial charge in [-0.2, -0.15) is 0 Å². The minimum absolute atomic E-state index is 0.194. The molecule has 2 rings (SSSR count). The first-order valence-electron chi connectivity index (χ1n) is 4.91. The zero-order valence-corrected chi connectivity index (χ0v) is 8.69. The van der Waals surface area contributed by atoms with Gasteiger partial charge in [0.15, 0.2) is 0 Å². The number of carbonyl (C=O) groups is 1. The number of β-lactam (4-membered cyclic amide) rings is 1. The van der Waals surface area contributed by atoms with Crippen LogP contribution in [-0.2, 0) is 11.3 Å². The third-order valence-corrected chi connectivity index (χ3v) is 2.61. The average Bonchev–Trinajstić information content (AvgIpc) is 2.24. The van der Waals surface area contributed by atoms with E-state index in [0.717, 1.165) is 17.9 Å². The summed E-state index contributed by atoms with van der Waals surface area (Å²) in [4.78, 5) is 13.0. The Hall–Kier alpha value is -1.71. The highest BCUT2D eigenvalue weighted by atomic mass is 16.5. The molecule has 0 bridgehead atoms. The van der Waals surface area contributed by atoms with Crippen molar-refractivity contribution in [3.63, 3.8) is 0 Å². The molecule has 0 unspecified atom stereocenters. The maximum absolute atomic E-state index is 11.2. The summed E-state index contributed by atoms with van der Waals surface area (Å²) in [6, 6.07) is 5.47. The van der Waals surface area contributed by atoms with E-state index in [1.54, 1.807) is 18.1 Å². The zero-order valence-electron chi connectivity index (χ0n) is 8.69. The smallest absolute Gasteiger partial charge is 0.224 e. The van der Waals surface area contributed by atoms with E-state index >= 15 is 0 Å². The van der Waals surface area contributed by atoms with Gasteiger partial charge in [0.25, 0.3) is 0 Å². The fourth-order valence-electron chi connectivity index (χ4n) is 1.66. The van der Waals surface area contributed by atoms with Gasteiger partial charge >= 0.3 is 0 Å². The van der Waals surface area contributed by atoms with Crippen molar-refractivity contribution in [2.24, 2.45) is 0 Å². The van der Waals surface area contributed by atoms with Crippen LogP contribution in [0.5, 0.6) is 5.75 Å². The number of rotatable bonds is 3. The summed E-state index contributed by atoms with van der Waals surface area (Å²) in [7, 11) is 1.62. The van der Waals surface area contributed by atoms with Crippen LogP contribution < -0.4 is 10.5 Å². The maximum atomic E-state index is 11.2. The Morgan fingerprint density at radius 1 is 1.53 bits per heavy atom. The van der Waals surface area contributed by atoms with Crippen molar-refractivity contribution in [3.8, 4) is 5.75 Å². The van der Waals surface area contributed by atoms with E-state index in [0.29, 0.717) is 18.7 Å². The zero-order chi connectivity index (χ0) is 10.8. The molecule has 0 saturated carbocycles. The van der Waals surface area contributed by atoms with Crippen molar-refractivity contribution in [1.82, 2.24) is 4.90 Å². The Balaban J connectivity index is 2.18. The molecule has 0 aromatic heterocycles. The van der Waals surface area contributed by atoms with Gasteiger partial charge in [0.2, 0.25) is 5.91 Å². The molecule has 1 heterocycles. The topological polar surface area (TPSA) is 55.6 Å². The molecule has 1 saturated heterocycles. The van der Waals surface area contributed by atoms with Crippen LogP contribution in [0.1, 0.15) is 12.0 Å². The minimum atomic E-state index is 0.194. The summed E-state index contributed by atoms with van der Waals surface area (Å²) < 4.78 is 5.21. The lowest BCUT2D eigenvalue weighted by Gasteiger charge is -2.31. The Bertz CT molecular complexity index is 390. The van der Waals surface area contributed by atoms with Crippen molar-refractivity contribution in [3.05, 3.63) is 23.8 Å². The van der Waals surface area contributed by atoms with E-state index in [-0.39, 0.29) is 5.91 Å². The number of hydrogen-bond acceptors (Lipinski definition) is 3. The molecule has 1 amide bonds. The van der Waals surface area contributed by atoms with E-state index in [9.17, 15) is 4.79 Å². The maximum Gasteiger partial charge on any atom is 0.224 e. The Morgan fingerprint density at radius 3 is 2.87 bits per heavy atom. The molecule has 1 aliphatic heterocycles. The van der Waals surface area contributed by atoms with Crippen LogP contribution in [0.25, 0.3) is 0 Å². The fourth-order valence-corrected chi connectivity index (χ4v) is 1.66. The largest absolute Gasteiger partial charge is 0.496 e. The lowest BCUT2D eigenvalue weighted by molar-refractivity contribution is -0.140. The highest BCUT2D eigenvalue weighted by Crippen LogP contribution is 2.24. The number of ether oxygens (including phenoxy) is 1. The van der Waals surface area contributed by atoms with Gasteiger partial charge < -0.3 is 15.4 Å². The van der Waals surface area contributed by atoms with E-state index in [4.69, 9.17) is 10.5 Å². The molecule has 0 atom stereocenters. The van der Waals surface area contributed by atoms with Crippen LogP contribution >= 0.6 is 0 Å². The van der Waals surface area contributed by atoms with Crippen molar-refractivity contribution in [2.45, 2.75) is 13.0 Å². The van der Waals surface area contributed by atoms with E-state index < -0.39 is 0 Å². The number of anilines is 1. The number of nitrogens with zero attached hydrogens (tertiary/aromatic N) is 1. The summed E-state index contributed by atoms with van der Waals surface area (Å²) in [6.07, 6.45) is 0.657. The molecule has 80 valence electrons. The van der Waals surface area contributed by atoms with Gasteiger partial charge in [-0.25, -0.2) is 0 Å². The van der Waals surface area contributed by atoms with Gasteiger partial charge in [-0.15, -0.1) is 0 Å². The lowest BCUT2D eigenvalue weighted by Crippen LogP contribution is -2.42. The van der Waals surface area contributed by atoms with Gasteiger partial charge in [-0.1, -0.05) is 0 Å². The Kier molecular flexibility index (Phi) is 2.49. The second kappa shape index (κ2) is 3.81. The summed E-state index contributed by atoms with van der Waals surface area (Å²) in [5.41, 5.74) is 7.35. The molecular formula is C11H14N2O2. The lowest BCUT2D eigenvalue weighted by atomic mass is 10.1. The molecule has 0 spiro atoms. The third-order valence-electron chi connectivity index (χ3n) is 2.61. The first-order valence-corrected chi connectivity index (χ1v) is 4.91. The van der Waals surface area contributed by atoms with Gasteiger partial charge in [0.05, 0.1) is 7.11 Å². The molecule has 1 fully saturated rings. The quantitative estimate of drug-likeness (QED) is 0.593. The predicted molar refractivity (Wildman–Crippen MR) is 57.4 cm³/mol. The van der Waals surface area contributed by atoms with Gasteiger partial charge in [-0.3, -0.25) is 4.79 Å². The number of methoxy groups -OCH3 is 1. The summed E-state index contributed by atoms with van der Waals surface area (Å²) in [5.74, 6) is 0.975. The normalized spacial score (nSPS) is 15.0. The number of amides is 1. The van der Waals surface area contributed by atoms with Crippen LogP contribution in [0, 0.1) is 0 Å². The number of likely N-dealkylation sites (tertiary alicyclic amines) is 1. The first-order chi connectivity index (χ1) is 7.20. The van der Waals surface area contributed by atoms with Gasteiger partial charge in [0.1, 0.15) is 5.75 Å². The first kappa shape index (κ1) is 9.83. The van der Waals surface area contributed by atoms with Crippen LogP contribution in [0.4, 0.5) is 5.69 Å². The summed E-state index contributed by atoms with van der Waals surface area (Å²) >= 11 is 0. The molecule has 1 aromatic carbocycles. The van der Waals surface area contributed by atoms with Crippen molar-refractivity contribution in [1.29, 1.82) is 0 Å². The van der Waals surface area contributed by atoms with E-state index in [1.807, 2.05) is 12.1 Å². The molecule has 4 nitrogen and oxygen atoms in total. The second-order valence-electron chi connectivity index (χ2n) is 3.64. The number of benzene rings is 1. The molecule has 15 heavy (non-hydrogen) atoms. The predicted octanol–water partition coefficient (Wildman–Crippen LogP) is 1.01. The molecule has 1 aromatic rings. The number of nitrogen functional groups attached to an aromatic ring is 1. The van der Waals surface area contributed by atoms with Crippen LogP contribution in [-0.4, -0.2) is 24.5 Å². The molecular weight excluding hydrogens is 192 g/mol. The second-order valence-corrected chi connectivity index (χ2v) is 3.64. The fraction of sp³-hybridized carbons (Fsp3) is 0.364. The average molecular weight is 206 g/mol. The highest BCUT2D eigenvalue weighted by molar-refractivity contribution is 5.81. The molecule has 2 N–H and O–H groups in total. The SMILES string of the molecule is COc1ccc(N)cc1CN1CCC1=O. The molecule has 4 heteroatoms. The monoisotopic (exact) mass is 206 g/mol. The van der Waals surface area contributed by atoms with Crippen LogP contribution in [0.2, 0.25) is 0 Å². The summed E-state index contributed by atoms with van der Waals surface area (Å²) in [6.45, 7) is 1.42. The third kappa shape index (κ3) is 1.88. The Labute approximate surface area is 88.6 Å². The number of hydrogen-bond donors (Lipinski definition) is 1. The van der Waals surface area contributed by atoms with Crippen LogP contribution in [0.15, 0.2) is 18.2 Å². The van der Waals surface area contributed by atoms with E-state index in [1.165, 1.54) is 0 Å². The minimum Gasteiger partial charge on any atom is -0.496 e. The van der Waals surface area contributed by atoms with Crippen molar-refractivity contribution >= 4 is 11.6 Å². The van der Waals surface area contributed by atoms with Gasteiger partial charge in [0, 0.05) is 30.8 Å². The van der Waals surface area contributed by atoms with E-state index in [2.05, 4.69) is 0 Å². The highest BCUT2D eigenvalue weighted by Gasteiger charge is 2.24. The molecule has 0 radical (unpaired) electrons. The number of carbonyl (C=O) groups excluding carboxylic acids is 1. The van der Waals surface area contributed by atoms with Crippen molar-refractivity contribution in [2.75, 3.05) is 19.4 Å². The standard InChI is InChI=1S/C11H14N2O2/c1-15-10-3-2-9(12)6-8(10)7-13-5-4-11(13)14/h2-3,6H,4-5,7,12H2,1H3.